The molecule has 2 aromatic heterocycles. The number of ether oxygens (including phenoxy) is 2. The molecule has 0 aliphatic heterocycles. The van der Waals surface area contributed by atoms with Crippen molar-refractivity contribution in [3.63, 3.8) is 0 Å². The second-order valence-corrected chi connectivity index (χ2v) is 3.33. The van der Waals surface area contributed by atoms with E-state index >= 15 is 0 Å². The number of hydrogen-bond acceptors (Lipinski definition) is 7. The number of aromatic nitrogens is 4. The molecule has 1 N–H and O–H groups in total. The average Bonchev–Trinajstić information content (AvgIpc) is 2.77. The van der Waals surface area contributed by atoms with Crippen LogP contribution in [0.4, 0.5) is 4.39 Å². The molecule has 0 fully saturated rings. The molecular weight excluding hydrogens is 259 g/mol. The van der Waals surface area contributed by atoms with E-state index in [1.807, 2.05) is 0 Å². The van der Waals surface area contributed by atoms with E-state index in [4.69, 9.17) is 4.74 Å². The number of rotatable bonds is 4. The summed E-state index contributed by atoms with van der Waals surface area (Å²) in [5.74, 6) is -1.27. The van der Waals surface area contributed by atoms with E-state index in [-0.39, 0.29) is 17.5 Å². The summed E-state index contributed by atoms with van der Waals surface area (Å²) in [4.78, 5) is 18.8. The number of hydrogen-bond donors (Lipinski definition) is 1. The monoisotopic (exact) mass is 268 g/mol. The summed E-state index contributed by atoms with van der Waals surface area (Å²) >= 11 is 0. The second kappa shape index (κ2) is 5.29. The molecule has 2 heterocycles. The Morgan fingerprint density at radius 3 is 3.05 bits per heavy atom. The van der Waals surface area contributed by atoms with Crippen LogP contribution in [0.1, 0.15) is 0 Å². The van der Waals surface area contributed by atoms with Crippen molar-refractivity contribution in [1.82, 2.24) is 19.9 Å². The Kier molecular flexibility index (Phi) is 3.55. The number of nitrogens with zero attached hydrogens (tertiary/aromatic N) is 4. The summed E-state index contributed by atoms with van der Waals surface area (Å²) in [7, 11) is 1.20. The highest BCUT2D eigenvalue weighted by Gasteiger charge is 2.15. The highest BCUT2D eigenvalue weighted by Crippen LogP contribution is 2.17. The zero-order valence-corrected chi connectivity index (χ0v) is 9.78. The highest BCUT2D eigenvalue weighted by atomic mass is 19.1. The third-order valence-corrected chi connectivity index (χ3v) is 2.07. The molecule has 0 unspecified atom stereocenters. The van der Waals surface area contributed by atoms with Crippen LogP contribution in [-0.2, 0) is 9.53 Å². The molecule has 2 rings (SSSR count). The zero-order valence-electron chi connectivity index (χ0n) is 9.78. The summed E-state index contributed by atoms with van der Waals surface area (Å²) < 4.78 is 22.3. The quantitative estimate of drug-likeness (QED) is 0.627. The lowest BCUT2D eigenvalue weighted by molar-refractivity contribution is -0.143. The highest BCUT2D eigenvalue weighted by molar-refractivity contribution is 5.70. The molecule has 19 heavy (non-hydrogen) atoms. The minimum Gasteiger partial charge on any atom is -0.466 e. The van der Waals surface area contributed by atoms with E-state index in [0.717, 1.165) is 12.1 Å². The summed E-state index contributed by atoms with van der Waals surface area (Å²) in [5.41, 5.74) is 0.0721. The van der Waals surface area contributed by atoms with Gasteiger partial charge >= 0.3 is 12.0 Å². The Hall–Kier alpha value is -2.71. The molecule has 0 spiro atoms. The van der Waals surface area contributed by atoms with Crippen molar-refractivity contribution >= 4 is 5.97 Å². The van der Waals surface area contributed by atoms with Crippen LogP contribution < -0.4 is 4.74 Å². The van der Waals surface area contributed by atoms with Crippen LogP contribution in [0.25, 0.3) is 11.5 Å². The first kappa shape index (κ1) is 12.7. The molecule has 0 aliphatic rings. The van der Waals surface area contributed by atoms with Crippen LogP contribution in [0.3, 0.4) is 0 Å². The summed E-state index contributed by atoms with van der Waals surface area (Å²) in [6.07, 6.45) is 1.22. The van der Waals surface area contributed by atoms with Gasteiger partial charge in [0.25, 0.3) is 0 Å². The Morgan fingerprint density at radius 2 is 2.37 bits per heavy atom. The van der Waals surface area contributed by atoms with Crippen LogP contribution in [0, 0.1) is 5.82 Å². The van der Waals surface area contributed by atoms with Gasteiger partial charge in [-0.2, -0.15) is 4.98 Å². The van der Waals surface area contributed by atoms with Crippen molar-refractivity contribution in [1.29, 1.82) is 0 Å². The molecular formula is C10H9FN4O4. The van der Waals surface area contributed by atoms with Gasteiger partial charge < -0.3 is 14.7 Å². The fourth-order valence-corrected chi connectivity index (χ4v) is 1.22. The first-order valence-electron chi connectivity index (χ1n) is 5.08. The van der Waals surface area contributed by atoms with Gasteiger partial charge in [-0.25, -0.2) is 9.18 Å². The molecule has 0 amide bonds. The lowest BCUT2D eigenvalue weighted by atomic mass is 10.3. The fourth-order valence-electron chi connectivity index (χ4n) is 1.22. The Morgan fingerprint density at radius 1 is 1.58 bits per heavy atom. The number of pyridine rings is 1. The predicted molar refractivity (Wildman–Crippen MR) is 57.9 cm³/mol. The van der Waals surface area contributed by atoms with Gasteiger partial charge in [0.15, 0.2) is 6.61 Å². The maximum Gasteiger partial charge on any atom is 0.344 e. The first-order chi connectivity index (χ1) is 9.10. The largest absolute Gasteiger partial charge is 0.466 e. The van der Waals surface area contributed by atoms with Crippen molar-refractivity contribution in [2.24, 2.45) is 0 Å². The van der Waals surface area contributed by atoms with Crippen LogP contribution in [0.15, 0.2) is 18.3 Å². The van der Waals surface area contributed by atoms with Gasteiger partial charge in [0.05, 0.1) is 7.11 Å². The van der Waals surface area contributed by atoms with E-state index in [9.17, 15) is 14.4 Å². The Balaban J connectivity index is 2.19. The molecule has 100 valence electrons. The number of methoxy groups -OCH3 is 1. The molecule has 0 saturated carbocycles. The molecule has 0 aliphatic carbocycles. The van der Waals surface area contributed by atoms with E-state index < -0.39 is 18.4 Å². The van der Waals surface area contributed by atoms with Gasteiger partial charge in [0, 0.05) is 12.3 Å². The smallest absolute Gasteiger partial charge is 0.344 e. The number of halogens is 1. The second-order valence-electron chi connectivity index (χ2n) is 3.33. The third kappa shape index (κ3) is 2.94. The third-order valence-electron chi connectivity index (χ3n) is 2.07. The molecule has 0 atom stereocenters. The van der Waals surface area contributed by atoms with Gasteiger partial charge in [-0.05, 0) is 6.07 Å². The standard InChI is InChI=1S/C10H9FN4O4/c1-18-8(16)5-19-10-13-9(15(17)14-10)7-4-6(11)2-3-12-7/h2-4,17H,5H2,1H3. The zero-order chi connectivity index (χ0) is 13.8. The van der Waals surface area contributed by atoms with Gasteiger partial charge in [-0.1, -0.05) is 9.94 Å². The first-order valence-corrected chi connectivity index (χ1v) is 5.08. The molecule has 0 bridgehead atoms. The number of esters is 1. The minimum absolute atomic E-state index is 0.0721. The van der Waals surface area contributed by atoms with Gasteiger partial charge in [-0.15, -0.1) is 0 Å². The van der Waals surface area contributed by atoms with Crippen molar-refractivity contribution in [3.05, 3.63) is 24.1 Å². The lowest BCUT2D eigenvalue weighted by Gasteiger charge is -1.97. The average molecular weight is 268 g/mol. The summed E-state index contributed by atoms with van der Waals surface area (Å²) in [5, 5.41) is 13.0. The van der Waals surface area contributed by atoms with E-state index in [1.165, 1.54) is 13.3 Å². The SMILES string of the molecule is COC(=O)COc1nc(-c2cc(F)ccn2)n(O)n1. The van der Waals surface area contributed by atoms with Crippen LogP contribution in [0.5, 0.6) is 6.01 Å². The Labute approximate surface area is 106 Å². The topological polar surface area (TPSA) is 99.4 Å². The van der Waals surface area contributed by atoms with Crippen LogP contribution in [0.2, 0.25) is 0 Å². The summed E-state index contributed by atoms with van der Waals surface area (Å²) in [6, 6.07) is 1.96. The van der Waals surface area contributed by atoms with Gasteiger partial charge in [-0.3, -0.25) is 4.98 Å². The number of carbonyl (C=O) groups is 1. The normalized spacial score (nSPS) is 10.2. The summed E-state index contributed by atoms with van der Waals surface area (Å²) in [6.45, 7) is -0.406. The minimum atomic E-state index is -0.625. The molecule has 0 radical (unpaired) electrons. The van der Waals surface area contributed by atoms with Crippen molar-refractivity contribution in [2.75, 3.05) is 13.7 Å². The van der Waals surface area contributed by atoms with Crippen molar-refractivity contribution < 1.29 is 23.9 Å². The van der Waals surface area contributed by atoms with E-state index in [1.54, 1.807) is 0 Å². The fraction of sp³-hybridized carbons (Fsp3) is 0.200. The van der Waals surface area contributed by atoms with Gasteiger partial charge in [0.2, 0.25) is 5.82 Å². The maximum absolute atomic E-state index is 13.0. The maximum atomic E-state index is 13.0. The predicted octanol–water partition coefficient (Wildman–Crippen LogP) is 0.268. The molecule has 0 aromatic carbocycles. The molecule has 9 heteroatoms. The van der Waals surface area contributed by atoms with E-state index in [0.29, 0.717) is 4.85 Å². The molecule has 2 aromatic rings. The molecule has 8 nitrogen and oxygen atoms in total. The van der Waals surface area contributed by atoms with Crippen LogP contribution in [-0.4, -0.2) is 44.8 Å². The van der Waals surface area contributed by atoms with Crippen molar-refractivity contribution in [2.45, 2.75) is 0 Å². The van der Waals surface area contributed by atoms with Crippen LogP contribution >= 0.6 is 0 Å². The Bertz CT molecular complexity index is 601. The van der Waals surface area contributed by atoms with E-state index in [2.05, 4.69) is 19.8 Å². The number of carbonyl (C=O) groups excluding carboxylic acids is 1. The lowest BCUT2D eigenvalue weighted by Crippen LogP contribution is -2.13. The van der Waals surface area contributed by atoms with Gasteiger partial charge in [0.1, 0.15) is 11.5 Å². The van der Waals surface area contributed by atoms with Crippen molar-refractivity contribution in [3.8, 4) is 17.5 Å². The molecule has 0 saturated heterocycles.